The van der Waals surface area contributed by atoms with Gasteiger partial charge >= 0.3 is 0 Å². The highest BCUT2D eigenvalue weighted by atomic mass is 16.5. The first-order valence-electron chi connectivity index (χ1n) is 10.2. The molecule has 2 aromatic rings. The Morgan fingerprint density at radius 2 is 1.72 bits per heavy atom. The molecule has 4 nitrogen and oxygen atoms in total. The minimum Gasteiger partial charge on any atom is -0.489 e. The number of hydrogen-bond acceptors (Lipinski definition) is 4. The molecule has 0 aliphatic heterocycles. The van der Waals surface area contributed by atoms with Gasteiger partial charge < -0.3 is 9.64 Å². The number of ether oxygens (including phenoxy) is 1. The molecule has 0 bridgehead atoms. The van der Waals surface area contributed by atoms with Gasteiger partial charge in [0.05, 0.1) is 0 Å². The number of rotatable bonds is 8. The summed E-state index contributed by atoms with van der Waals surface area (Å²) in [5.41, 5.74) is 3.34. The molecule has 1 fully saturated rings. The summed E-state index contributed by atoms with van der Waals surface area (Å²) >= 11 is 0. The van der Waals surface area contributed by atoms with E-state index in [1.54, 1.807) is 0 Å². The van der Waals surface area contributed by atoms with Crippen LogP contribution in [0.4, 0.5) is 0 Å². The number of carbonyl (C=O) groups excluding carboxylic acids is 2. The largest absolute Gasteiger partial charge is 0.489 e. The van der Waals surface area contributed by atoms with Crippen LogP contribution in [0.5, 0.6) is 5.75 Å². The molecule has 2 atom stereocenters. The van der Waals surface area contributed by atoms with Crippen LogP contribution in [0, 0.1) is 5.92 Å². The van der Waals surface area contributed by atoms with Crippen molar-refractivity contribution in [3.63, 3.8) is 0 Å². The van der Waals surface area contributed by atoms with Crippen molar-refractivity contribution < 1.29 is 14.3 Å². The summed E-state index contributed by atoms with van der Waals surface area (Å²) in [4.78, 5) is 24.6. The monoisotopic (exact) mass is 391 g/mol. The Balaban J connectivity index is 1.75. The fourth-order valence-corrected chi connectivity index (χ4v) is 4.18. The van der Waals surface area contributed by atoms with E-state index in [0.717, 1.165) is 36.3 Å². The van der Waals surface area contributed by atoms with Crippen molar-refractivity contribution in [2.75, 3.05) is 14.1 Å². The van der Waals surface area contributed by atoms with E-state index in [1.165, 1.54) is 18.1 Å². The average Bonchev–Trinajstić information content (AvgIpc) is 2.77. The third-order valence-corrected chi connectivity index (χ3v) is 5.63. The predicted octanol–water partition coefficient (Wildman–Crippen LogP) is 4.75. The molecule has 0 aromatic heterocycles. The second-order valence-corrected chi connectivity index (χ2v) is 7.82. The minimum atomic E-state index is -0.470. The van der Waals surface area contributed by atoms with Crippen molar-refractivity contribution in [3.8, 4) is 5.75 Å². The van der Waals surface area contributed by atoms with Gasteiger partial charge in [-0.2, -0.15) is 0 Å². The normalized spacial score (nSPS) is 19.4. The Morgan fingerprint density at radius 3 is 2.38 bits per heavy atom. The third-order valence-electron chi connectivity index (χ3n) is 5.63. The van der Waals surface area contributed by atoms with Crippen molar-refractivity contribution in [3.05, 3.63) is 77.5 Å². The van der Waals surface area contributed by atoms with Crippen LogP contribution in [0.25, 0.3) is 0 Å². The van der Waals surface area contributed by atoms with E-state index in [2.05, 4.69) is 24.3 Å². The zero-order chi connectivity index (χ0) is 20.6. The standard InChI is InChI=1S/C25H29NO3/c1-26(2)25(16-21(28)17-27)24-11-7-6-10-23(24)20-12-14-22(15-13-20)29-18-19-8-4-3-5-9-19/h3-5,8-9,12-17,23-24H,6-7,10-11,18H2,1-2H3. The summed E-state index contributed by atoms with van der Waals surface area (Å²) < 4.78 is 5.91. The van der Waals surface area contributed by atoms with Gasteiger partial charge in [-0.25, -0.2) is 0 Å². The first-order valence-corrected chi connectivity index (χ1v) is 10.2. The maximum Gasteiger partial charge on any atom is 0.219 e. The quantitative estimate of drug-likeness (QED) is 0.370. The molecule has 152 valence electrons. The van der Waals surface area contributed by atoms with Crippen LogP contribution in [0.1, 0.15) is 42.7 Å². The van der Waals surface area contributed by atoms with Gasteiger partial charge in [-0.05, 0) is 42.0 Å². The van der Waals surface area contributed by atoms with Crippen LogP contribution >= 0.6 is 0 Å². The number of ketones is 1. The van der Waals surface area contributed by atoms with Crippen molar-refractivity contribution in [1.82, 2.24) is 4.90 Å². The van der Waals surface area contributed by atoms with E-state index in [9.17, 15) is 9.59 Å². The highest BCUT2D eigenvalue weighted by Gasteiger charge is 2.30. The first-order chi connectivity index (χ1) is 14.1. The van der Waals surface area contributed by atoms with Crippen LogP contribution in [0.3, 0.4) is 0 Å². The Morgan fingerprint density at radius 1 is 1.03 bits per heavy atom. The molecule has 0 N–H and O–H groups in total. The molecule has 0 heterocycles. The van der Waals surface area contributed by atoms with Crippen LogP contribution in [-0.4, -0.2) is 31.1 Å². The van der Waals surface area contributed by atoms with Crippen molar-refractivity contribution in [2.24, 2.45) is 5.92 Å². The summed E-state index contributed by atoms with van der Waals surface area (Å²) in [6.07, 6.45) is 6.31. The maximum absolute atomic E-state index is 11.8. The number of hydrogen-bond donors (Lipinski definition) is 0. The SMILES string of the molecule is CN(C)C(=CC(=O)C=O)C1CCCCC1c1ccc(OCc2ccccc2)cc1. The third kappa shape index (κ3) is 5.57. The van der Waals surface area contributed by atoms with Gasteiger partial charge in [-0.15, -0.1) is 0 Å². The van der Waals surface area contributed by atoms with E-state index >= 15 is 0 Å². The van der Waals surface area contributed by atoms with Crippen LogP contribution in [0.2, 0.25) is 0 Å². The van der Waals surface area contributed by atoms with Crippen molar-refractivity contribution in [2.45, 2.75) is 38.2 Å². The van der Waals surface area contributed by atoms with E-state index in [-0.39, 0.29) is 5.92 Å². The summed E-state index contributed by atoms with van der Waals surface area (Å²) in [5, 5.41) is 0. The Kier molecular flexibility index (Phi) is 7.23. The van der Waals surface area contributed by atoms with Crippen LogP contribution < -0.4 is 4.74 Å². The Labute approximate surface area is 173 Å². The summed E-state index contributed by atoms with van der Waals surface area (Å²) in [7, 11) is 3.88. The Hall–Kier alpha value is -2.88. The van der Waals surface area contributed by atoms with E-state index in [1.807, 2.05) is 49.3 Å². The molecular formula is C25H29NO3. The lowest BCUT2D eigenvalue weighted by molar-refractivity contribution is -0.126. The van der Waals surface area contributed by atoms with Gasteiger partial charge in [0.1, 0.15) is 12.4 Å². The molecular weight excluding hydrogens is 362 g/mol. The Bertz CT molecular complexity index is 840. The van der Waals surface area contributed by atoms with E-state index in [4.69, 9.17) is 4.74 Å². The van der Waals surface area contributed by atoms with Crippen molar-refractivity contribution >= 4 is 12.1 Å². The zero-order valence-corrected chi connectivity index (χ0v) is 17.2. The second kappa shape index (κ2) is 10.1. The first kappa shape index (κ1) is 20.8. The second-order valence-electron chi connectivity index (χ2n) is 7.82. The fourth-order valence-electron chi connectivity index (χ4n) is 4.18. The van der Waals surface area contributed by atoms with Gasteiger partial charge in [-0.3, -0.25) is 9.59 Å². The molecule has 0 amide bonds. The van der Waals surface area contributed by atoms with Crippen molar-refractivity contribution in [1.29, 1.82) is 0 Å². The minimum absolute atomic E-state index is 0.235. The molecule has 2 unspecified atom stereocenters. The molecule has 0 spiro atoms. The molecule has 0 radical (unpaired) electrons. The smallest absolute Gasteiger partial charge is 0.219 e. The molecule has 3 rings (SSSR count). The fraction of sp³-hybridized carbons (Fsp3) is 0.360. The number of allylic oxidation sites excluding steroid dienone is 2. The molecule has 4 heteroatoms. The van der Waals surface area contributed by atoms with Crippen LogP contribution in [-0.2, 0) is 16.2 Å². The topological polar surface area (TPSA) is 46.6 Å². The molecule has 1 saturated carbocycles. The van der Waals surface area contributed by atoms with Gasteiger partial charge in [0.25, 0.3) is 0 Å². The van der Waals surface area contributed by atoms with Gasteiger partial charge in [0.15, 0.2) is 6.29 Å². The summed E-state index contributed by atoms with van der Waals surface area (Å²) in [6.45, 7) is 0.549. The number of nitrogens with zero attached hydrogens (tertiary/aromatic N) is 1. The lowest BCUT2D eigenvalue weighted by atomic mass is 9.73. The summed E-state index contributed by atoms with van der Waals surface area (Å²) in [5.74, 6) is 0.950. The van der Waals surface area contributed by atoms with Gasteiger partial charge in [0.2, 0.25) is 5.78 Å². The number of benzene rings is 2. The molecule has 0 saturated heterocycles. The van der Waals surface area contributed by atoms with Crippen LogP contribution in [0.15, 0.2) is 66.4 Å². The lowest BCUT2D eigenvalue weighted by Crippen LogP contribution is -2.28. The highest BCUT2D eigenvalue weighted by Crippen LogP contribution is 2.42. The lowest BCUT2D eigenvalue weighted by Gasteiger charge is -2.36. The number of carbonyl (C=O) groups is 2. The van der Waals surface area contributed by atoms with Gasteiger partial charge in [-0.1, -0.05) is 55.3 Å². The molecule has 29 heavy (non-hydrogen) atoms. The zero-order valence-electron chi connectivity index (χ0n) is 17.2. The van der Waals surface area contributed by atoms with E-state index < -0.39 is 5.78 Å². The molecule has 2 aromatic carbocycles. The number of aldehydes is 1. The van der Waals surface area contributed by atoms with Gasteiger partial charge in [0, 0.05) is 31.8 Å². The summed E-state index contributed by atoms with van der Waals surface area (Å²) in [6, 6.07) is 18.5. The maximum atomic E-state index is 11.8. The van der Waals surface area contributed by atoms with E-state index in [0.29, 0.717) is 18.8 Å². The molecule has 1 aliphatic rings. The predicted molar refractivity (Wildman–Crippen MR) is 115 cm³/mol. The average molecular weight is 392 g/mol. The highest BCUT2D eigenvalue weighted by molar-refractivity contribution is 6.30. The molecule has 1 aliphatic carbocycles.